The minimum atomic E-state index is 0.482. The molecular formula is C13H17N3. The topological polar surface area (TPSA) is 64.4 Å². The number of aliphatic imine (C=N–C) groups is 1. The van der Waals surface area contributed by atoms with Crippen LogP contribution in [0.25, 0.3) is 0 Å². The van der Waals surface area contributed by atoms with E-state index in [0.29, 0.717) is 11.8 Å². The number of nitrogens with two attached hydrogens (primary N) is 2. The van der Waals surface area contributed by atoms with Crippen LogP contribution in [0.15, 0.2) is 47.1 Å². The van der Waals surface area contributed by atoms with Crippen molar-refractivity contribution in [1.82, 2.24) is 0 Å². The highest BCUT2D eigenvalue weighted by Gasteiger charge is 2.19. The normalized spacial score (nSPS) is 18.2. The van der Waals surface area contributed by atoms with E-state index < -0.39 is 0 Å². The Morgan fingerprint density at radius 2 is 1.88 bits per heavy atom. The van der Waals surface area contributed by atoms with Crippen molar-refractivity contribution in [3.05, 3.63) is 42.1 Å². The maximum absolute atomic E-state index is 5.93. The van der Waals surface area contributed by atoms with Gasteiger partial charge in [0.2, 0.25) is 0 Å². The van der Waals surface area contributed by atoms with Gasteiger partial charge < -0.3 is 11.5 Å². The van der Waals surface area contributed by atoms with Crippen molar-refractivity contribution in [1.29, 1.82) is 0 Å². The zero-order chi connectivity index (χ0) is 11.4. The molecule has 0 aromatic heterocycles. The molecule has 0 atom stereocenters. The first kappa shape index (κ1) is 10.7. The Morgan fingerprint density at radius 3 is 2.44 bits per heavy atom. The lowest BCUT2D eigenvalue weighted by molar-refractivity contribution is 0.365. The third-order valence-electron chi connectivity index (χ3n) is 2.91. The highest BCUT2D eigenvalue weighted by molar-refractivity contribution is 5.93. The van der Waals surface area contributed by atoms with Crippen molar-refractivity contribution < 1.29 is 0 Å². The van der Waals surface area contributed by atoms with E-state index in [9.17, 15) is 0 Å². The Bertz CT molecular complexity index is 402. The van der Waals surface area contributed by atoms with Crippen molar-refractivity contribution in [2.24, 2.45) is 22.4 Å². The van der Waals surface area contributed by atoms with Crippen LogP contribution < -0.4 is 11.5 Å². The fourth-order valence-corrected chi connectivity index (χ4v) is 1.71. The molecule has 3 nitrogen and oxygen atoms in total. The first-order valence-corrected chi connectivity index (χ1v) is 5.62. The van der Waals surface area contributed by atoms with Crippen LogP contribution in [0.3, 0.4) is 0 Å². The van der Waals surface area contributed by atoms with Gasteiger partial charge in [-0.1, -0.05) is 24.6 Å². The van der Waals surface area contributed by atoms with Crippen LogP contribution in [0, 0.1) is 5.92 Å². The fraction of sp³-hybridized carbons (Fsp3) is 0.308. The minimum Gasteiger partial charge on any atom is -0.402 e. The average Bonchev–Trinajstić information content (AvgIpc) is 2.15. The minimum absolute atomic E-state index is 0.482. The van der Waals surface area contributed by atoms with Crippen LogP contribution >= 0.6 is 0 Å². The van der Waals surface area contributed by atoms with Crippen LogP contribution in [0.2, 0.25) is 0 Å². The van der Waals surface area contributed by atoms with E-state index in [4.69, 9.17) is 11.5 Å². The van der Waals surface area contributed by atoms with E-state index in [1.54, 1.807) is 6.08 Å². The molecule has 1 aromatic carbocycles. The molecule has 0 heterocycles. The lowest BCUT2D eigenvalue weighted by Gasteiger charge is -2.25. The first-order chi connectivity index (χ1) is 7.75. The Morgan fingerprint density at radius 1 is 1.19 bits per heavy atom. The molecule has 84 valence electrons. The highest BCUT2D eigenvalue weighted by Crippen LogP contribution is 2.30. The van der Waals surface area contributed by atoms with E-state index in [1.807, 2.05) is 30.3 Å². The zero-order valence-corrected chi connectivity index (χ0v) is 9.26. The maximum Gasteiger partial charge on any atom is 0.125 e. The predicted octanol–water partition coefficient (Wildman–Crippen LogP) is 2.32. The summed E-state index contributed by atoms with van der Waals surface area (Å²) in [6.45, 7) is 0. The zero-order valence-electron chi connectivity index (χ0n) is 9.26. The summed E-state index contributed by atoms with van der Waals surface area (Å²) in [5.74, 6) is 1.00. The maximum atomic E-state index is 5.93. The number of nitrogens with zero attached hydrogens (tertiary/aromatic N) is 1. The molecule has 1 aromatic rings. The van der Waals surface area contributed by atoms with Gasteiger partial charge in [-0.3, -0.25) is 0 Å². The van der Waals surface area contributed by atoms with Gasteiger partial charge in [0, 0.05) is 5.70 Å². The van der Waals surface area contributed by atoms with E-state index in [-0.39, 0.29) is 0 Å². The Labute approximate surface area is 95.9 Å². The molecule has 16 heavy (non-hydrogen) atoms. The predicted molar refractivity (Wildman–Crippen MR) is 67.3 cm³/mol. The largest absolute Gasteiger partial charge is 0.402 e. The number of hydrogen-bond donors (Lipinski definition) is 2. The van der Waals surface area contributed by atoms with Crippen molar-refractivity contribution in [2.45, 2.75) is 19.3 Å². The van der Waals surface area contributed by atoms with Crippen LogP contribution in [-0.2, 0) is 0 Å². The van der Waals surface area contributed by atoms with Crippen molar-refractivity contribution in [3.8, 4) is 0 Å². The fourth-order valence-electron chi connectivity index (χ4n) is 1.71. The van der Waals surface area contributed by atoms with Crippen LogP contribution in [-0.4, -0.2) is 5.84 Å². The summed E-state index contributed by atoms with van der Waals surface area (Å²) in [4.78, 5) is 4.28. The number of para-hydroxylation sites is 1. The van der Waals surface area contributed by atoms with Crippen LogP contribution in [0.1, 0.15) is 19.3 Å². The standard InChI is InChI=1S/C13H17N3/c14-12(10-5-4-6-10)9-13(15)16-11-7-2-1-3-8-11/h1-3,7-10H,4-6,14H2,(H2,15,16). The average molecular weight is 215 g/mol. The van der Waals surface area contributed by atoms with Gasteiger partial charge in [0.25, 0.3) is 0 Å². The van der Waals surface area contributed by atoms with E-state index in [2.05, 4.69) is 4.99 Å². The van der Waals surface area contributed by atoms with Crippen LogP contribution in [0.4, 0.5) is 5.69 Å². The van der Waals surface area contributed by atoms with Gasteiger partial charge in [-0.25, -0.2) is 4.99 Å². The number of hydrogen-bond acceptors (Lipinski definition) is 2. The van der Waals surface area contributed by atoms with Gasteiger partial charge in [-0.05, 0) is 37.0 Å². The third kappa shape index (κ3) is 2.63. The van der Waals surface area contributed by atoms with Gasteiger partial charge in [0.1, 0.15) is 5.84 Å². The van der Waals surface area contributed by atoms with Gasteiger partial charge in [0.05, 0.1) is 5.69 Å². The molecule has 0 radical (unpaired) electrons. The van der Waals surface area contributed by atoms with Crippen LogP contribution in [0.5, 0.6) is 0 Å². The third-order valence-corrected chi connectivity index (χ3v) is 2.91. The van der Waals surface area contributed by atoms with E-state index >= 15 is 0 Å². The molecule has 4 N–H and O–H groups in total. The summed E-state index contributed by atoms with van der Waals surface area (Å²) < 4.78 is 0. The second-order valence-electron chi connectivity index (χ2n) is 4.14. The molecule has 1 fully saturated rings. The second kappa shape index (κ2) is 4.84. The van der Waals surface area contributed by atoms with Crippen molar-refractivity contribution in [2.75, 3.05) is 0 Å². The van der Waals surface area contributed by atoms with E-state index in [1.165, 1.54) is 19.3 Å². The summed E-state index contributed by atoms with van der Waals surface area (Å²) >= 11 is 0. The molecule has 0 unspecified atom stereocenters. The lowest BCUT2D eigenvalue weighted by atomic mass is 9.83. The quantitative estimate of drug-likeness (QED) is 0.600. The van der Waals surface area contributed by atoms with Gasteiger partial charge in [-0.15, -0.1) is 0 Å². The Kier molecular flexibility index (Phi) is 3.25. The van der Waals surface area contributed by atoms with Gasteiger partial charge in [0.15, 0.2) is 0 Å². The number of amidine groups is 1. The molecule has 1 saturated carbocycles. The SMILES string of the molecule is NC(=CC(N)=Nc1ccccc1)C1CCC1. The molecule has 0 bridgehead atoms. The highest BCUT2D eigenvalue weighted by atomic mass is 14.9. The Hall–Kier alpha value is -1.77. The summed E-state index contributed by atoms with van der Waals surface area (Å²) in [6.07, 6.45) is 5.42. The summed E-state index contributed by atoms with van der Waals surface area (Å²) in [6, 6.07) is 9.66. The molecule has 0 amide bonds. The second-order valence-corrected chi connectivity index (χ2v) is 4.14. The molecular weight excluding hydrogens is 198 g/mol. The number of rotatable bonds is 3. The summed E-state index contributed by atoms with van der Waals surface area (Å²) in [5.41, 5.74) is 13.5. The van der Waals surface area contributed by atoms with E-state index in [0.717, 1.165) is 11.4 Å². The summed E-state index contributed by atoms with van der Waals surface area (Å²) in [7, 11) is 0. The molecule has 1 aliphatic carbocycles. The molecule has 0 aliphatic heterocycles. The summed E-state index contributed by atoms with van der Waals surface area (Å²) in [5, 5.41) is 0. The van der Waals surface area contributed by atoms with Crippen molar-refractivity contribution >= 4 is 11.5 Å². The molecule has 3 heteroatoms. The Balaban J connectivity index is 2.07. The number of benzene rings is 1. The smallest absolute Gasteiger partial charge is 0.125 e. The number of allylic oxidation sites excluding steroid dienone is 1. The van der Waals surface area contributed by atoms with Gasteiger partial charge in [-0.2, -0.15) is 0 Å². The monoisotopic (exact) mass is 215 g/mol. The molecule has 2 rings (SSSR count). The molecule has 1 aliphatic rings. The molecule has 0 saturated heterocycles. The lowest BCUT2D eigenvalue weighted by Crippen LogP contribution is -2.22. The van der Waals surface area contributed by atoms with Crippen molar-refractivity contribution in [3.63, 3.8) is 0 Å². The first-order valence-electron chi connectivity index (χ1n) is 5.62. The van der Waals surface area contributed by atoms with Gasteiger partial charge >= 0.3 is 0 Å². The molecule has 0 spiro atoms.